The van der Waals surface area contributed by atoms with Crippen molar-refractivity contribution in [1.82, 2.24) is 10.2 Å². The molecule has 21 heavy (non-hydrogen) atoms. The molecule has 1 aromatic rings. The number of halogens is 2. The van der Waals surface area contributed by atoms with Gasteiger partial charge in [-0.1, -0.05) is 13.8 Å². The van der Waals surface area contributed by atoms with Crippen molar-refractivity contribution < 1.29 is 8.78 Å². The summed E-state index contributed by atoms with van der Waals surface area (Å²) in [5, 5.41) is 3.66. The van der Waals surface area contributed by atoms with Crippen molar-refractivity contribution >= 4 is 0 Å². The van der Waals surface area contributed by atoms with Crippen molar-refractivity contribution in [3.05, 3.63) is 35.4 Å². The zero-order chi connectivity index (χ0) is 15.0. The van der Waals surface area contributed by atoms with Crippen LogP contribution in [-0.2, 0) is 6.54 Å². The Balaban J connectivity index is 1.74. The summed E-state index contributed by atoms with van der Waals surface area (Å²) in [4.78, 5) is 2.40. The molecule has 1 N–H and O–H groups in total. The molecule has 0 radical (unpaired) electrons. The largest absolute Gasteiger partial charge is 0.311 e. The second-order valence-corrected chi connectivity index (χ2v) is 6.87. The van der Waals surface area contributed by atoms with Crippen LogP contribution in [0.2, 0.25) is 0 Å². The molecule has 4 heteroatoms. The lowest BCUT2D eigenvalue weighted by Crippen LogP contribution is -2.58. The van der Waals surface area contributed by atoms with E-state index >= 15 is 0 Å². The van der Waals surface area contributed by atoms with Gasteiger partial charge in [-0.2, -0.15) is 0 Å². The number of piperazine rings is 1. The maximum atomic E-state index is 13.4. The average molecular weight is 294 g/mol. The number of hydrogen-bond donors (Lipinski definition) is 1. The van der Waals surface area contributed by atoms with Gasteiger partial charge in [0, 0.05) is 37.8 Å². The number of nitrogens with zero attached hydrogens (tertiary/aromatic N) is 1. The van der Waals surface area contributed by atoms with E-state index in [1.807, 2.05) is 0 Å². The molecule has 1 heterocycles. The van der Waals surface area contributed by atoms with Gasteiger partial charge in [-0.25, -0.2) is 8.78 Å². The predicted molar refractivity (Wildman–Crippen MR) is 79.9 cm³/mol. The minimum Gasteiger partial charge on any atom is -0.311 e. The molecule has 0 bridgehead atoms. The van der Waals surface area contributed by atoms with Crippen molar-refractivity contribution in [2.75, 3.05) is 13.1 Å². The lowest BCUT2D eigenvalue weighted by Gasteiger charge is -2.42. The molecule has 1 saturated heterocycles. The predicted octanol–water partition coefficient (Wildman–Crippen LogP) is 3.17. The smallest absolute Gasteiger partial charge is 0.126 e. The molecule has 0 aromatic heterocycles. The maximum Gasteiger partial charge on any atom is 0.126 e. The Bertz CT molecular complexity index is 479. The average Bonchev–Trinajstić information content (AvgIpc) is 3.21. The van der Waals surface area contributed by atoms with Gasteiger partial charge in [0.05, 0.1) is 0 Å². The Morgan fingerprint density at radius 2 is 1.86 bits per heavy atom. The first-order chi connectivity index (χ1) is 10.0. The fourth-order valence-electron chi connectivity index (χ4n) is 3.44. The number of rotatable bonds is 4. The highest BCUT2D eigenvalue weighted by molar-refractivity contribution is 5.18. The van der Waals surface area contributed by atoms with Crippen LogP contribution >= 0.6 is 0 Å². The lowest BCUT2D eigenvalue weighted by molar-refractivity contribution is 0.0850. The third kappa shape index (κ3) is 3.61. The van der Waals surface area contributed by atoms with Crippen molar-refractivity contribution in [3.8, 4) is 0 Å². The van der Waals surface area contributed by atoms with E-state index in [1.165, 1.54) is 25.0 Å². The van der Waals surface area contributed by atoms with Crippen molar-refractivity contribution in [3.63, 3.8) is 0 Å². The fraction of sp³-hybridized carbons (Fsp3) is 0.647. The van der Waals surface area contributed by atoms with Crippen LogP contribution in [0.5, 0.6) is 0 Å². The SMILES string of the molecule is CC(C)C1CNC(C2CC2)CN1Cc1cc(F)cc(F)c1. The molecule has 1 aliphatic carbocycles. The summed E-state index contributed by atoms with van der Waals surface area (Å²) in [6, 6.07) is 4.81. The van der Waals surface area contributed by atoms with Gasteiger partial charge in [-0.15, -0.1) is 0 Å². The Morgan fingerprint density at radius 1 is 1.19 bits per heavy atom. The van der Waals surface area contributed by atoms with Crippen LogP contribution < -0.4 is 5.32 Å². The first-order valence-electron chi connectivity index (χ1n) is 7.95. The molecule has 1 saturated carbocycles. The van der Waals surface area contributed by atoms with E-state index in [0.717, 1.165) is 30.6 Å². The van der Waals surface area contributed by atoms with Gasteiger partial charge < -0.3 is 5.32 Å². The molecule has 2 nitrogen and oxygen atoms in total. The zero-order valence-electron chi connectivity index (χ0n) is 12.8. The molecule has 2 unspecified atom stereocenters. The molecule has 1 aromatic carbocycles. The Labute approximate surface area is 125 Å². The Morgan fingerprint density at radius 3 is 2.43 bits per heavy atom. The molecule has 3 rings (SSSR count). The molecular formula is C17H24F2N2. The van der Waals surface area contributed by atoms with Crippen LogP contribution in [0.3, 0.4) is 0 Å². The number of nitrogens with one attached hydrogen (secondary N) is 1. The van der Waals surface area contributed by atoms with Crippen LogP contribution in [0.4, 0.5) is 8.78 Å². The second-order valence-electron chi connectivity index (χ2n) is 6.87. The van der Waals surface area contributed by atoms with Gasteiger partial charge in [-0.3, -0.25) is 4.90 Å². The number of hydrogen-bond acceptors (Lipinski definition) is 2. The summed E-state index contributed by atoms with van der Waals surface area (Å²) in [6.07, 6.45) is 2.62. The summed E-state index contributed by atoms with van der Waals surface area (Å²) >= 11 is 0. The van der Waals surface area contributed by atoms with Crippen LogP contribution in [-0.4, -0.2) is 30.1 Å². The summed E-state index contributed by atoms with van der Waals surface area (Å²) < 4.78 is 26.8. The van der Waals surface area contributed by atoms with E-state index in [0.29, 0.717) is 24.5 Å². The minimum absolute atomic E-state index is 0.423. The summed E-state index contributed by atoms with van der Waals surface area (Å²) in [7, 11) is 0. The van der Waals surface area contributed by atoms with Crippen molar-refractivity contribution in [1.29, 1.82) is 0 Å². The molecule has 0 amide bonds. The topological polar surface area (TPSA) is 15.3 Å². The molecule has 0 spiro atoms. The highest BCUT2D eigenvalue weighted by Crippen LogP contribution is 2.35. The highest BCUT2D eigenvalue weighted by Gasteiger charge is 2.37. The van der Waals surface area contributed by atoms with E-state index in [9.17, 15) is 8.78 Å². The summed E-state index contributed by atoms with van der Waals surface area (Å²) in [5.74, 6) is 0.348. The van der Waals surface area contributed by atoms with Gasteiger partial charge in [0.2, 0.25) is 0 Å². The molecule has 2 aliphatic rings. The van der Waals surface area contributed by atoms with Gasteiger partial charge in [0.25, 0.3) is 0 Å². The Kier molecular flexibility index (Phi) is 4.27. The summed E-state index contributed by atoms with van der Waals surface area (Å²) in [6.45, 7) is 7.00. The van der Waals surface area contributed by atoms with Gasteiger partial charge in [0.1, 0.15) is 11.6 Å². The minimum atomic E-state index is -0.486. The van der Waals surface area contributed by atoms with Crippen molar-refractivity contribution in [2.24, 2.45) is 11.8 Å². The Hall–Kier alpha value is -1.00. The molecule has 1 aliphatic heterocycles. The lowest BCUT2D eigenvalue weighted by atomic mass is 9.96. The van der Waals surface area contributed by atoms with Crippen LogP contribution in [0.25, 0.3) is 0 Å². The standard InChI is InChI=1S/C17H24F2N2/c1-11(2)17-8-20-16(13-3-4-13)10-21(17)9-12-5-14(18)7-15(19)6-12/h5-7,11,13,16-17,20H,3-4,8-10H2,1-2H3. The zero-order valence-corrected chi connectivity index (χ0v) is 12.8. The molecule has 2 atom stereocenters. The van der Waals surface area contributed by atoms with Crippen LogP contribution in [0.1, 0.15) is 32.3 Å². The van der Waals surface area contributed by atoms with Crippen LogP contribution in [0, 0.1) is 23.5 Å². The molecular weight excluding hydrogens is 270 g/mol. The van der Waals surface area contributed by atoms with E-state index in [-0.39, 0.29) is 0 Å². The normalized spacial score (nSPS) is 27.3. The fourth-order valence-corrected chi connectivity index (χ4v) is 3.44. The second kappa shape index (κ2) is 6.01. The third-order valence-corrected chi connectivity index (χ3v) is 4.76. The molecule has 116 valence electrons. The van der Waals surface area contributed by atoms with Gasteiger partial charge in [-0.05, 0) is 42.4 Å². The quantitative estimate of drug-likeness (QED) is 0.917. The number of benzene rings is 1. The maximum absolute atomic E-state index is 13.4. The van der Waals surface area contributed by atoms with E-state index in [2.05, 4.69) is 24.1 Å². The van der Waals surface area contributed by atoms with Gasteiger partial charge >= 0.3 is 0 Å². The van der Waals surface area contributed by atoms with Crippen LogP contribution in [0.15, 0.2) is 18.2 Å². The van der Waals surface area contributed by atoms with E-state index in [4.69, 9.17) is 0 Å². The van der Waals surface area contributed by atoms with E-state index in [1.54, 1.807) is 0 Å². The summed E-state index contributed by atoms with van der Waals surface area (Å²) in [5.41, 5.74) is 0.731. The highest BCUT2D eigenvalue weighted by atomic mass is 19.1. The van der Waals surface area contributed by atoms with Crippen molar-refractivity contribution in [2.45, 2.75) is 45.3 Å². The monoisotopic (exact) mass is 294 g/mol. The van der Waals surface area contributed by atoms with Gasteiger partial charge in [0.15, 0.2) is 0 Å². The van der Waals surface area contributed by atoms with E-state index < -0.39 is 11.6 Å². The first-order valence-corrected chi connectivity index (χ1v) is 7.95. The first kappa shape index (κ1) is 14.9. The third-order valence-electron chi connectivity index (χ3n) is 4.76. The molecule has 2 fully saturated rings.